The molecule has 0 unspecified atom stereocenters. The van der Waals surface area contributed by atoms with Gasteiger partial charge < -0.3 is 15.0 Å². The van der Waals surface area contributed by atoms with Crippen LogP contribution in [-0.4, -0.2) is 26.3 Å². The third kappa shape index (κ3) is 5.42. The molecule has 2 N–H and O–H groups in total. The van der Waals surface area contributed by atoms with Gasteiger partial charge in [0.05, 0.1) is 24.3 Å². The zero-order valence-corrected chi connectivity index (χ0v) is 15.5. The van der Waals surface area contributed by atoms with Crippen LogP contribution in [0.5, 0.6) is 0 Å². The fraction of sp³-hybridized carbons (Fsp3) is 0.200. The fourth-order valence-electron chi connectivity index (χ4n) is 2.55. The molecule has 0 aliphatic carbocycles. The molecule has 0 aliphatic rings. The first-order valence-electron chi connectivity index (χ1n) is 8.49. The molecule has 140 valence electrons. The summed E-state index contributed by atoms with van der Waals surface area (Å²) in [7, 11) is 0. The third-order valence-corrected chi connectivity index (χ3v) is 4.97. The largest absolute Gasteiger partial charge is 0.390 e. The highest BCUT2D eigenvalue weighted by Crippen LogP contribution is 2.20. The molecule has 0 atom stereocenters. The SMILES string of the molecule is O=C(CSc1ncc(CO)n1Cc1ccccc1)NCc1ccc(F)cc1. The lowest BCUT2D eigenvalue weighted by Crippen LogP contribution is -2.24. The Morgan fingerprint density at radius 2 is 1.85 bits per heavy atom. The number of halogens is 1. The van der Waals surface area contributed by atoms with Crippen molar-refractivity contribution in [1.82, 2.24) is 14.9 Å². The van der Waals surface area contributed by atoms with Crippen LogP contribution in [0.2, 0.25) is 0 Å². The highest BCUT2D eigenvalue weighted by Gasteiger charge is 2.12. The van der Waals surface area contributed by atoms with Crippen LogP contribution in [0.3, 0.4) is 0 Å². The maximum absolute atomic E-state index is 12.9. The summed E-state index contributed by atoms with van der Waals surface area (Å²) in [6, 6.07) is 15.9. The molecule has 0 fully saturated rings. The summed E-state index contributed by atoms with van der Waals surface area (Å²) < 4.78 is 14.8. The van der Waals surface area contributed by atoms with Crippen LogP contribution in [0.25, 0.3) is 0 Å². The number of carbonyl (C=O) groups is 1. The topological polar surface area (TPSA) is 67.1 Å². The first-order valence-corrected chi connectivity index (χ1v) is 9.47. The number of hydrogen-bond donors (Lipinski definition) is 2. The highest BCUT2D eigenvalue weighted by molar-refractivity contribution is 7.99. The number of nitrogens with one attached hydrogen (secondary N) is 1. The lowest BCUT2D eigenvalue weighted by atomic mass is 10.2. The predicted molar refractivity (Wildman–Crippen MR) is 103 cm³/mol. The minimum atomic E-state index is -0.300. The molecule has 0 bridgehead atoms. The average Bonchev–Trinajstić information content (AvgIpc) is 3.08. The van der Waals surface area contributed by atoms with Crippen LogP contribution in [-0.2, 0) is 24.5 Å². The van der Waals surface area contributed by atoms with E-state index >= 15 is 0 Å². The number of aliphatic hydroxyl groups excluding tert-OH is 1. The Balaban J connectivity index is 1.57. The van der Waals surface area contributed by atoms with Crippen LogP contribution < -0.4 is 5.32 Å². The number of amides is 1. The minimum Gasteiger partial charge on any atom is -0.390 e. The zero-order valence-electron chi connectivity index (χ0n) is 14.6. The molecule has 0 saturated carbocycles. The smallest absolute Gasteiger partial charge is 0.230 e. The average molecular weight is 385 g/mol. The lowest BCUT2D eigenvalue weighted by Gasteiger charge is -2.11. The second kappa shape index (κ2) is 9.34. The van der Waals surface area contributed by atoms with Gasteiger partial charge in [0.1, 0.15) is 5.82 Å². The van der Waals surface area contributed by atoms with Crippen molar-refractivity contribution in [3.8, 4) is 0 Å². The van der Waals surface area contributed by atoms with E-state index in [4.69, 9.17) is 0 Å². The lowest BCUT2D eigenvalue weighted by molar-refractivity contribution is -0.118. The van der Waals surface area contributed by atoms with Crippen LogP contribution in [0.15, 0.2) is 66.0 Å². The van der Waals surface area contributed by atoms with Gasteiger partial charge in [-0.05, 0) is 23.3 Å². The fourth-order valence-corrected chi connectivity index (χ4v) is 3.38. The van der Waals surface area contributed by atoms with E-state index in [1.165, 1.54) is 23.9 Å². The Morgan fingerprint density at radius 1 is 1.11 bits per heavy atom. The Bertz CT molecular complexity index is 882. The van der Waals surface area contributed by atoms with Gasteiger partial charge in [0.25, 0.3) is 0 Å². The normalized spacial score (nSPS) is 10.7. The highest BCUT2D eigenvalue weighted by atomic mass is 32.2. The van der Waals surface area contributed by atoms with Gasteiger partial charge in [0.2, 0.25) is 5.91 Å². The Kier molecular flexibility index (Phi) is 6.62. The molecule has 0 saturated heterocycles. The molecule has 1 heterocycles. The van der Waals surface area contributed by atoms with Gasteiger partial charge in [0, 0.05) is 13.1 Å². The maximum atomic E-state index is 12.9. The van der Waals surface area contributed by atoms with Gasteiger partial charge in [-0.1, -0.05) is 54.2 Å². The summed E-state index contributed by atoms with van der Waals surface area (Å²) in [4.78, 5) is 16.4. The summed E-state index contributed by atoms with van der Waals surface area (Å²) in [6.07, 6.45) is 1.63. The quantitative estimate of drug-likeness (QED) is 0.585. The minimum absolute atomic E-state index is 0.114. The van der Waals surface area contributed by atoms with Crippen LogP contribution >= 0.6 is 11.8 Å². The van der Waals surface area contributed by atoms with E-state index in [0.717, 1.165) is 11.1 Å². The first kappa shape index (κ1) is 19.1. The van der Waals surface area contributed by atoms with Gasteiger partial charge in [-0.2, -0.15) is 0 Å². The van der Waals surface area contributed by atoms with Crippen molar-refractivity contribution in [3.05, 3.63) is 83.4 Å². The summed E-state index contributed by atoms with van der Waals surface area (Å²) >= 11 is 1.32. The predicted octanol–water partition coefficient (Wildman–Crippen LogP) is 2.97. The van der Waals surface area contributed by atoms with E-state index in [1.54, 1.807) is 18.3 Å². The number of thioether (sulfide) groups is 1. The molecule has 7 heteroatoms. The molecule has 0 spiro atoms. The van der Waals surface area contributed by atoms with Gasteiger partial charge in [0.15, 0.2) is 5.16 Å². The molecule has 1 amide bonds. The Labute approximate surface area is 161 Å². The number of nitrogens with zero attached hydrogens (tertiary/aromatic N) is 2. The third-order valence-electron chi connectivity index (χ3n) is 3.98. The van der Waals surface area contributed by atoms with Crippen molar-refractivity contribution in [2.75, 3.05) is 5.75 Å². The number of hydrogen-bond acceptors (Lipinski definition) is 4. The molecule has 0 radical (unpaired) electrons. The number of carbonyl (C=O) groups excluding carboxylic acids is 1. The molecule has 2 aromatic carbocycles. The van der Waals surface area contributed by atoms with Crippen molar-refractivity contribution < 1.29 is 14.3 Å². The summed E-state index contributed by atoms with van der Waals surface area (Å²) in [5.74, 6) is -0.229. The van der Waals surface area contributed by atoms with E-state index in [0.29, 0.717) is 23.9 Å². The molecular weight excluding hydrogens is 365 g/mol. The molecule has 0 aliphatic heterocycles. The van der Waals surface area contributed by atoms with E-state index in [2.05, 4.69) is 10.3 Å². The van der Waals surface area contributed by atoms with E-state index < -0.39 is 0 Å². The maximum Gasteiger partial charge on any atom is 0.230 e. The van der Waals surface area contributed by atoms with Crippen LogP contribution in [0, 0.1) is 5.82 Å². The van der Waals surface area contributed by atoms with Crippen LogP contribution in [0.1, 0.15) is 16.8 Å². The number of aliphatic hydroxyl groups is 1. The van der Waals surface area contributed by atoms with Crippen molar-refractivity contribution >= 4 is 17.7 Å². The second-order valence-corrected chi connectivity index (χ2v) is 6.90. The number of imidazole rings is 1. The standard InChI is InChI=1S/C20H20FN3O2S/c21-17-8-6-15(7-9-17)10-22-19(26)14-27-20-23-11-18(13-25)24(20)12-16-4-2-1-3-5-16/h1-9,11,25H,10,12-14H2,(H,22,26). The van der Waals surface area contributed by atoms with E-state index in [9.17, 15) is 14.3 Å². The van der Waals surface area contributed by atoms with Crippen LogP contribution in [0.4, 0.5) is 4.39 Å². The monoisotopic (exact) mass is 385 g/mol. The van der Waals surface area contributed by atoms with Crippen molar-refractivity contribution in [3.63, 3.8) is 0 Å². The summed E-state index contributed by atoms with van der Waals surface area (Å²) in [5.41, 5.74) is 2.63. The first-order chi connectivity index (χ1) is 13.2. The van der Waals surface area contributed by atoms with Crippen molar-refractivity contribution in [2.24, 2.45) is 0 Å². The molecule has 1 aromatic heterocycles. The van der Waals surface area contributed by atoms with Gasteiger partial charge >= 0.3 is 0 Å². The molecule has 3 aromatic rings. The van der Waals surface area contributed by atoms with Crippen molar-refractivity contribution in [2.45, 2.75) is 24.9 Å². The van der Waals surface area contributed by atoms with Gasteiger partial charge in [-0.3, -0.25) is 4.79 Å². The second-order valence-electron chi connectivity index (χ2n) is 5.95. The molecular formula is C20H20FN3O2S. The van der Waals surface area contributed by atoms with Gasteiger partial charge in [-0.15, -0.1) is 0 Å². The Morgan fingerprint density at radius 3 is 2.56 bits per heavy atom. The number of benzene rings is 2. The molecule has 5 nitrogen and oxygen atoms in total. The summed E-state index contributed by atoms with van der Waals surface area (Å²) in [5, 5.41) is 13.0. The Hall–Kier alpha value is -2.64. The zero-order chi connectivity index (χ0) is 19.1. The van der Waals surface area contributed by atoms with Gasteiger partial charge in [-0.25, -0.2) is 9.37 Å². The number of rotatable bonds is 8. The van der Waals surface area contributed by atoms with E-state index in [1.807, 2.05) is 34.9 Å². The number of aromatic nitrogens is 2. The molecule has 27 heavy (non-hydrogen) atoms. The summed E-state index contributed by atoms with van der Waals surface area (Å²) in [6.45, 7) is 0.813. The molecule has 3 rings (SSSR count). The van der Waals surface area contributed by atoms with Crippen molar-refractivity contribution in [1.29, 1.82) is 0 Å². The van der Waals surface area contributed by atoms with E-state index in [-0.39, 0.29) is 24.1 Å².